The van der Waals surface area contributed by atoms with Crippen LogP contribution in [0.2, 0.25) is 0 Å². The summed E-state index contributed by atoms with van der Waals surface area (Å²) in [7, 11) is 3.37. The first-order valence-corrected chi connectivity index (χ1v) is 4.55. The fourth-order valence-electron chi connectivity index (χ4n) is 1.01. The fraction of sp³-hybridized carbons (Fsp3) is 0.889. The monoisotopic (exact) mass is 188 g/mol. The summed E-state index contributed by atoms with van der Waals surface area (Å²) in [6.45, 7) is 4.37. The molecule has 0 fully saturated rings. The molecule has 0 aromatic carbocycles. The van der Waals surface area contributed by atoms with Crippen molar-refractivity contribution in [2.45, 2.75) is 32.4 Å². The summed E-state index contributed by atoms with van der Waals surface area (Å²) in [5.74, 6) is -0.0212. The van der Waals surface area contributed by atoms with E-state index in [9.17, 15) is 4.79 Å². The molecule has 78 valence electrons. The molecular formula is C9H20N2O2. The molecule has 1 unspecified atom stereocenters. The van der Waals surface area contributed by atoms with Gasteiger partial charge >= 0.3 is 0 Å². The Morgan fingerprint density at radius 1 is 1.62 bits per heavy atom. The van der Waals surface area contributed by atoms with E-state index in [1.165, 1.54) is 0 Å². The second-order valence-electron chi connectivity index (χ2n) is 3.27. The smallest absolute Gasteiger partial charge is 0.239 e. The molecule has 0 aliphatic carbocycles. The Labute approximate surface area is 80.0 Å². The van der Waals surface area contributed by atoms with Gasteiger partial charge < -0.3 is 15.4 Å². The minimum atomic E-state index is -0.385. The number of amides is 1. The van der Waals surface area contributed by atoms with Crippen molar-refractivity contribution in [2.75, 3.05) is 20.8 Å². The highest BCUT2D eigenvalue weighted by Gasteiger charge is 2.20. The maximum absolute atomic E-state index is 11.5. The van der Waals surface area contributed by atoms with E-state index in [1.807, 2.05) is 13.8 Å². The lowest BCUT2D eigenvalue weighted by molar-refractivity contribution is -0.134. The topological polar surface area (TPSA) is 55.6 Å². The van der Waals surface area contributed by atoms with E-state index in [0.717, 1.165) is 0 Å². The number of methoxy groups -OCH3 is 1. The Kier molecular flexibility index (Phi) is 5.66. The molecule has 0 aromatic heterocycles. The summed E-state index contributed by atoms with van der Waals surface area (Å²) in [6, 6.07) is -0.306. The third kappa shape index (κ3) is 3.74. The van der Waals surface area contributed by atoms with Crippen molar-refractivity contribution in [3.63, 3.8) is 0 Å². The maximum Gasteiger partial charge on any atom is 0.239 e. The molecule has 2 atom stereocenters. The highest BCUT2D eigenvalue weighted by atomic mass is 16.5. The van der Waals surface area contributed by atoms with Crippen molar-refractivity contribution in [3.05, 3.63) is 0 Å². The molecule has 4 nitrogen and oxygen atoms in total. The standard InChI is InChI=1S/C9H20N2O2/c1-5-8(10)9(12)11(3)7(2)6-13-4/h7-8H,5-6,10H2,1-4H3/t7?,8-/m0/s1. The van der Waals surface area contributed by atoms with Gasteiger partial charge in [-0.15, -0.1) is 0 Å². The lowest BCUT2D eigenvalue weighted by atomic mass is 10.2. The molecule has 0 spiro atoms. The third-order valence-electron chi connectivity index (χ3n) is 2.17. The van der Waals surface area contributed by atoms with E-state index < -0.39 is 0 Å². The van der Waals surface area contributed by atoms with Crippen LogP contribution in [0, 0.1) is 0 Å². The average Bonchev–Trinajstić information content (AvgIpc) is 2.14. The summed E-state index contributed by atoms with van der Waals surface area (Å²) in [4.78, 5) is 13.2. The van der Waals surface area contributed by atoms with Crippen LogP contribution < -0.4 is 5.73 Å². The van der Waals surface area contributed by atoms with Crippen LogP contribution in [-0.4, -0.2) is 43.7 Å². The first-order valence-electron chi connectivity index (χ1n) is 4.55. The Morgan fingerprint density at radius 3 is 2.54 bits per heavy atom. The van der Waals surface area contributed by atoms with Gasteiger partial charge in [0, 0.05) is 14.2 Å². The minimum Gasteiger partial charge on any atom is -0.383 e. The molecule has 0 aromatic rings. The van der Waals surface area contributed by atoms with E-state index in [2.05, 4.69) is 0 Å². The highest BCUT2D eigenvalue weighted by Crippen LogP contribution is 2.00. The lowest BCUT2D eigenvalue weighted by Gasteiger charge is -2.26. The van der Waals surface area contributed by atoms with Crippen molar-refractivity contribution in [1.29, 1.82) is 0 Å². The normalized spacial score (nSPS) is 15.2. The van der Waals surface area contributed by atoms with Crippen LogP contribution in [0.1, 0.15) is 20.3 Å². The number of nitrogens with zero attached hydrogens (tertiary/aromatic N) is 1. The number of likely N-dealkylation sites (N-methyl/N-ethyl adjacent to an activating group) is 1. The molecule has 0 heterocycles. The van der Waals surface area contributed by atoms with Crippen LogP contribution in [0.4, 0.5) is 0 Å². The second-order valence-corrected chi connectivity index (χ2v) is 3.27. The summed E-state index contributed by atoms with van der Waals surface area (Å²) in [6.07, 6.45) is 0.670. The number of nitrogens with two attached hydrogens (primary N) is 1. The van der Waals surface area contributed by atoms with Crippen molar-refractivity contribution in [1.82, 2.24) is 4.90 Å². The molecule has 0 aliphatic rings. The molecule has 1 amide bonds. The minimum absolute atomic E-state index is 0.0212. The van der Waals surface area contributed by atoms with Crippen LogP contribution in [0.25, 0.3) is 0 Å². The van der Waals surface area contributed by atoms with Gasteiger partial charge in [-0.2, -0.15) is 0 Å². The molecule has 13 heavy (non-hydrogen) atoms. The van der Waals surface area contributed by atoms with E-state index in [4.69, 9.17) is 10.5 Å². The van der Waals surface area contributed by atoms with Crippen molar-refractivity contribution in [3.8, 4) is 0 Å². The van der Waals surface area contributed by atoms with Gasteiger partial charge in [0.2, 0.25) is 5.91 Å². The van der Waals surface area contributed by atoms with Crippen LogP contribution in [0.3, 0.4) is 0 Å². The van der Waals surface area contributed by atoms with Gasteiger partial charge in [0.1, 0.15) is 0 Å². The number of carbonyl (C=O) groups excluding carboxylic acids is 1. The molecule has 0 aliphatic heterocycles. The zero-order chi connectivity index (χ0) is 10.4. The van der Waals surface area contributed by atoms with Crippen LogP contribution in [0.5, 0.6) is 0 Å². The van der Waals surface area contributed by atoms with Crippen molar-refractivity contribution >= 4 is 5.91 Å². The van der Waals surface area contributed by atoms with Gasteiger partial charge in [-0.25, -0.2) is 0 Å². The number of rotatable bonds is 5. The second kappa shape index (κ2) is 5.94. The molecule has 0 rings (SSSR count). The molecule has 0 bridgehead atoms. The lowest BCUT2D eigenvalue weighted by Crippen LogP contribution is -2.46. The van der Waals surface area contributed by atoms with Gasteiger partial charge in [-0.1, -0.05) is 6.92 Å². The zero-order valence-corrected chi connectivity index (χ0v) is 8.91. The number of hydrogen-bond acceptors (Lipinski definition) is 3. The highest BCUT2D eigenvalue weighted by molar-refractivity contribution is 5.81. The SMILES string of the molecule is CC[C@H](N)C(=O)N(C)C(C)COC. The number of hydrogen-bond donors (Lipinski definition) is 1. The van der Waals surface area contributed by atoms with Gasteiger partial charge in [0.25, 0.3) is 0 Å². The van der Waals surface area contributed by atoms with Crippen LogP contribution in [-0.2, 0) is 9.53 Å². The first-order chi connectivity index (χ1) is 6.04. The molecule has 0 saturated heterocycles. The molecule has 0 saturated carbocycles. The molecule has 2 N–H and O–H groups in total. The quantitative estimate of drug-likeness (QED) is 0.671. The Bertz CT molecular complexity index is 162. The van der Waals surface area contributed by atoms with E-state index >= 15 is 0 Å². The number of ether oxygens (including phenoxy) is 1. The van der Waals surface area contributed by atoms with Crippen LogP contribution in [0.15, 0.2) is 0 Å². The Morgan fingerprint density at radius 2 is 2.15 bits per heavy atom. The summed E-state index contributed by atoms with van der Waals surface area (Å²) in [5, 5.41) is 0. The molecular weight excluding hydrogens is 168 g/mol. The maximum atomic E-state index is 11.5. The van der Waals surface area contributed by atoms with E-state index in [0.29, 0.717) is 13.0 Å². The zero-order valence-electron chi connectivity index (χ0n) is 8.91. The van der Waals surface area contributed by atoms with Crippen molar-refractivity contribution in [2.24, 2.45) is 5.73 Å². The van der Waals surface area contributed by atoms with Crippen LogP contribution >= 0.6 is 0 Å². The first kappa shape index (κ1) is 12.4. The van der Waals surface area contributed by atoms with Gasteiger partial charge in [-0.05, 0) is 13.3 Å². The fourth-order valence-corrected chi connectivity index (χ4v) is 1.01. The predicted octanol–water partition coefficient (Wildman–Crippen LogP) is 0.217. The average molecular weight is 188 g/mol. The van der Waals surface area contributed by atoms with Gasteiger partial charge in [0.05, 0.1) is 18.7 Å². The van der Waals surface area contributed by atoms with Gasteiger partial charge in [0.15, 0.2) is 0 Å². The van der Waals surface area contributed by atoms with Crippen molar-refractivity contribution < 1.29 is 9.53 Å². The van der Waals surface area contributed by atoms with E-state index in [1.54, 1.807) is 19.1 Å². The Hall–Kier alpha value is -0.610. The summed E-state index contributed by atoms with van der Waals surface area (Å²) < 4.78 is 4.95. The molecule has 0 radical (unpaired) electrons. The summed E-state index contributed by atoms with van der Waals surface area (Å²) >= 11 is 0. The van der Waals surface area contributed by atoms with E-state index in [-0.39, 0.29) is 18.0 Å². The number of carbonyl (C=O) groups is 1. The predicted molar refractivity (Wildman–Crippen MR) is 52.4 cm³/mol. The van der Waals surface area contributed by atoms with Gasteiger partial charge in [-0.3, -0.25) is 4.79 Å². The summed E-state index contributed by atoms with van der Waals surface area (Å²) in [5.41, 5.74) is 5.62. The molecule has 4 heteroatoms. The Balaban J connectivity index is 4.08. The largest absolute Gasteiger partial charge is 0.383 e. The third-order valence-corrected chi connectivity index (χ3v) is 2.17.